The minimum Gasteiger partial charge on any atom is -0.304 e. The van der Waals surface area contributed by atoms with E-state index in [-0.39, 0.29) is 12.1 Å². The number of halogens is 2. The third kappa shape index (κ3) is 3.67. The summed E-state index contributed by atoms with van der Waals surface area (Å²) in [5.41, 5.74) is 4.10. The normalized spacial score (nSPS) is 14.0. The Labute approximate surface area is 125 Å². The number of aryl methyl sites for hydroxylation is 2. The molecule has 1 N–H and O–H groups in total. The standard InChI is InChI=1S/C18H21F2N/c1-11-5-7-16(12(2)9-11)13(3)21-14(4)17-8-6-15(19)10-18(17)20/h5-10,13-14,21H,1-4H3. The van der Waals surface area contributed by atoms with E-state index in [1.54, 1.807) is 0 Å². The maximum absolute atomic E-state index is 13.8. The van der Waals surface area contributed by atoms with Crippen LogP contribution in [0.15, 0.2) is 36.4 Å². The maximum Gasteiger partial charge on any atom is 0.130 e. The van der Waals surface area contributed by atoms with Crippen molar-refractivity contribution in [3.8, 4) is 0 Å². The minimum atomic E-state index is -0.550. The van der Waals surface area contributed by atoms with E-state index in [4.69, 9.17) is 0 Å². The van der Waals surface area contributed by atoms with Gasteiger partial charge >= 0.3 is 0 Å². The maximum atomic E-state index is 13.8. The molecule has 1 nitrogen and oxygen atoms in total. The zero-order valence-electron chi connectivity index (χ0n) is 12.9. The lowest BCUT2D eigenvalue weighted by molar-refractivity contribution is 0.469. The predicted octanol–water partition coefficient (Wildman–Crippen LogP) is 4.99. The monoisotopic (exact) mass is 289 g/mol. The number of rotatable bonds is 4. The molecule has 0 heterocycles. The van der Waals surface area contributed by atoms with E-state index in [1.807, 2.05) is 6.92 Å². The van der Waals surface area contributed by atoms with Crippen LogP contribution in [0.5, 0.6) is 0 Å². The fourth-order valence-corrected chi connectivity index (χ4v) is 2.72. The molecule has 0 bridgehead atoms. The largest absolute Gasteiger partial charge is 0.304 e. The number of hydrogen-bond acceptors (Lipinski definition) is 1. The zero-order chi connectivity index (χ0) is 15.6. The molecule has 0 amide bonds. The van der Waals surface area contributed by atoms with Crippen LogP contribution in [0.1, 0.15) is 48.2 Å². The molecule has 0 fully saturated rings. The lowest BCUT2D eigenvalue weighted by atomic mass is 9.98. The number of benzene rings is 2. The van der Waals surface area contributed by atoms with E-state index in [0.717, 1.165) is 6.07 Å². The van der Waals surface area contributed by atoms with Crippen molar-refractivity contribution in [3.05, 3.63) is 70.3 Å². The summed E-state index contributed by atoms with van der Waals surface area (Å²) in [5, 5.41) is 3.37. The molecule has 0 saturated carbocycles. The van der Waals surface area contributed by atoms with Gasteiger partial charge in [0.05, 0.1) is 0 Å². The highest BCUT2D eigenvalue weighted by atomic mass is 19.1. The first-order valence-electron chi connectivity index (χ1n) is 7.16. The van der Waals surface area contributed by atoms with Crippen LogP contribution in [0, 0.1) is 25.5 Å². The van der Waals surface area contributed by atoms with Gasteiger partial charge in [-0.3, -0.25) is 0 Å². The van der Waals surface area contributed by atoms with Gasteiger partial charge in [0.2, 0.25) is 0 Å². The van der Waals surface area contributed by atoms with E-state index >= 15 is 0 Å². The van der Waals surface area contributed by atoms with E-state index in [1.165, 1.54) is 28.8 Å². The molecule has 2 atom stereocenters. The molecule has 2 aromatic carbocycles. The van der Waals surface area contributed by atoms with Crippen LogP contribution in [-0.4, -0.2) is 0 Å². The topological polar surface area (TPSA) is 12.0 Å². The molecular weight excluding hydrogens is 268 g/mol. The van der Waals surface area contributed by atoms with Crippen molar-refractivity contribution >= 4 is 0 Å². The average molecular weight is 289 g/mol. The summed E-state index contributed by atoms with van der Waals surface area (Å²) in [6.45, 7) is 8.07. The van der Waals surface area contributed by atoms with Gasteiger partial charge in [-0.15, -0.1) is 0 Å². The van der Waals surface area contributed by atoms with Gasteiger partial charge in [0, 0.05) is 23.7 Å². The molecule has 0 aliphatic heterocycles. The van der Waals surface area contributed by atoms with Crippen LogP contribution in [0.25, 0.3) is 0 Å². The molecule has 21 heavy (non-hydrogen) atoms. The van der Waals surface area contributed by atoms with Crippen LogP contribution in [-0.2, 0) is 0 Å². The molecule has 2 rings (SSSR count). The van der Waals surface area contributed by atoms with Gasteiger partial charge in [-0.05, 0) is 44.9 Å². The fraction of sp³-hybridized carbons (Fsp3) is 0.333. The summed E-state index contributed by atoms with van der Waals surface area (Å²) in [7, 11) is 0. The number of nitrogens with one attached hydrogen (secondary N) is 1. The third-order valence-corrected chi connectivity index (χ3v) is 3.82. The van der Waals surface area contributed by atoms with E-state index < -0.39 is 11.6 Å². The summed E-state index contributed by atoms with van der Waals surface area (Å²) >= 11 is 0. The highest BCUT2D eigenvalue weighted by Crippen LogP contribution is 2.24. The molecule has 0 aromatic heterocycles. The lowest BCUT2D eigenvalue weighted by Gasteiger charge is -2.22. The van der Waals surface area contributed by atoms with E-state index in [0.29, 0.717) is 5.56 Å². The third-order valence-electron chi connectivity index (χ3n) is 3.82. The lowest BCUT2D eigenvalue weighted by Crippen LogP contribution is -2.24. The van der Waals surface area contributed by atoms with Gasteiger partial charge in [0.1, 0.15) is 11.6 Å². The quantitative estimate of drug-likeness (QED) is 0.835. The van der Waals surface area contributed by atoms with Crippen molar-refractivity contribution in [1.29, 1.82) is 0 Å². The molecular formula is C18H21F2N. The van der Waals surface area contributed by atoms with Gasteiger partial charge in [0.25, 0.3) is 0 Å². The Morgan fingerprint density at radius 1 is 0.857 bits per heavy atom. The molecule has 0 saturated heterocycles. The second-order valence-corrected chi connectivity index (χ2v) is 5.64. The van der Waals surface area contributed by atoms with Crippen molar-refractivity contribution < 1.29 is 8.78 Å². The van der Waals surface area contributed by atoms with Crippen LogP contribution in [0.2, 0.25) is 0 Å². The highest BCUT2D eigenvalue weighted by molar-refractivity contribution is 5.33. The zero-order valence-corrected chi connectivity index (χ0v) is 12.9. The summed E-state index contributed by atoms with van der Waals surface area (Å²) in [6, 6.07) is 9.91. The SMILES string of the molecule is Cc1ccc(C(C)NC(C)c2ccc(F)cc2F)c(C)c1. The molecule has 3 heteroatoms. The first-order valence-corrected chi connectivity index (χ1v) is 7.16. The summed E-state index contributed by atoms with van der Waals surface area (Å²) in [6.07, 6.45) is 0. The van der Waals surface area contributed by atoms with Crippen LogP contribution in [0.3, 0.4) is 0 Å². The van der Waals surface area contributed by atoms with Crippen LogP contribution >= 0.6 is 0 Å². The Bertz CT molecular complexity index is 582. The van der Waals surface area contributed by atoms with Crippen molar-refractivity contribution in [1.82, 2.24) is 5.32 Å². The Kier molecular flexibility index (Phi) is 4.73. The van der Waals surface area contributed by atoms with Gasteiger partial charge in [-0.1, -0.05) is 29.8 Å². The molecule has 112 valence electrons. The second kappa shape index (κ2) is 6.35. The van der Waals surface area contributed by atoms with Crippen molar-refractivity contribution in [2.24, 2.45) is 0 Å². The molecule has 0 aliphatic rings. The number of hydrogen-bond donors (Lipinski definition) is 1. The Hall–Kier alpha value is -1.74. The molecule has 0 aliphatic carbocycles. The average Bonchev–Trinajstić information content (AvgIpc) is 2.37. The Morgan fingerprint density at radius 2 is 1.48 bits per heavy atom. The molecule has 2 unspecified atom stereocenters. The highest BCUT2D eigenvalue weighted by Gasteiger charge is 2.16. The van der Waals surface area contributed by atoms with Crippen LogP contribution < -0.4 is 5.32 Å². The van der Waals surface area contributed by atoms with Crippen molar-refractivity contribution in [3.63, 3.8) is 0 Å². The molecule has 0 radical (unpaired) electrons. The predicted molar refractivity (Wildman–Crippen MR) is 82.2 cm³/mol. The Morgan fingerprint density at radius 3 is 2.10 bits per heavy atom. The first-order chi connectivity index (χ1) is 9.88. The molecule has 0 spiro atoms. The van der Waals surface area contributed by atoms with Crippen molar-refractivity contribution in [2.75, 3.05) is 0 Å². The summed E-state index contributed by atoms with van der Waals surface area (Å²) in [4.78, 5) is 0. The first kappa shape index (κ1) is 15.6. The Balaban J connectivity index is 2.16. The van der Waals surface area contributed by atoms with Gasteiger partial charge in [-0.25, -0.2) is 8.78 Å². The summed E-state index contributed by atoms with van der Waals surface area (Å²) < 4.78 is 26.8. The van der Waals surface area contributed by atoms with Gasteiger partial charge < -0.3 is 5.32 Å². The van der Waals surface area contributed by atoms with E-state index in [9.17, 15) is 8.78 Å². The van der Waals surface area contributed by atoms with Crippen molar-refractivity contribution in [2.45, 2.75) is 39.8 Å². The minimum absolute atomic E-state index is 0.0880. The smallest absolute Gasteiger partial charge is 0.130 e. The summed E-state index contributed by atoms with van der Waals surface area (Å²) in [5.74, 6) is -1.06. The van der Waals surface area contributed by atoms with Gasteiger partial charge in [0.15, 0.2) is 0 Å². The van der Waals surface area contributed by atoms with E-state index in [2.05, 4.69) is 44.3 Å². The second-order valence-electron chi connectivity index (χ2n) is 5.64. The van der Waals surface area contributed by atoms with Crippen LogP contribution in [0.4, 0.5) is 8.78 Å². The van der Waals surface area contributed by atoms with Gasteiger partial charge in [-0.2, -0.15) is 0 Å². The molecule has 2 aromatic rings. The fourth-order valence-electron chi connectivity index (χ4n) is 2.72.